The quantitative estimate of drug-likeness (QED) is 0.566. The minimum atomic E-state index is -4.94. The molecule has 134 valence electrons. The third kappa shape index (κ3) is 5.21. The molecule has 25 heavy (non-hydrogen) atoms. The molecule has 0 bridgehead atoms. The molecule has 0 aliphatic carbocycles. The zero-order chi connectivity index (χ0) is 18.7. The van der Waals surface area contributed by atoms with Crippen molar-refractivity contribution < 1.29 is 35.3 Å². The minimum Gasteiger partial charge on any atom is -0.406 e. The molecule has 5 nitrogen and oxygen atoms in total. The molecule has 0 saturated carbocycles. The van der Waals surface area contributed by atoms with Gasteiger partial charge in [0.05, 0.1) is 0 Å². The van der Waals surface area contributed by atoms with Crippen molar-refractivity contribution >= 4 is 15.9 Å². The van der Waals surface area contributed by atoms with E-state index in [0.29, 0.717) is 18.1 Å². The van der Waals surface area contributed by atoms with Crippen molar-refractivity contribution in [3.63, 3.8) is 0 Å². The van der Waals surface area contributed by atoms with Crippen LogP contribution in [0.2, 0.25) is 0 Å². The van der Waals surface area contributed by atoms with Gasteiger partial charge in [-0.05, 0) is 36.4 Å². The molecule has 0 unspecified atom stereocenters. The predicted molar refractivity (Wildman–Crippen MR) is 82.0 cm³/mol. The van der Waals surface area contributed by atoms with Crippen LogP contribution in [0.15, 0.2) is 53.4 Å². The van der Waals surface area contributed by atoms with Crippen LogP contribution >= 0.6 is 0 Å². The number of carbonyl (C=O) groups is 1. The summed E-state index contributed by atoms with van der Waals surface area (Å²) in [7, 11) is -4.36. The molecule has 0 aliphatic heterocycles. The fourth-order valence-corrected chi connectivity index (χ4v) is 2.87. The Morgan fingerprint density at radius 1 is 1.04 bits per heavy atom. The highest BCUT2D eigenvalue weighted by molar-refractivity contribution is 7.87. The van der Waals surface area contributed by atoms with E-state index in [-0.39, 0.29) is 11.5 Å². The Balaban J connectivity index is 2.21. The molecule has 2 aromatic rings. The van der Waals surface area contributed by atoms with Crippen molar-refractivity contribution in [2.24, 2.45) is 0 Å². The molecule has 0 saturated heterocycles. The van der Waals surface area contributed by atoms with Crippen LogP contribution < -0.4 is 8.92 Å². The molecular weight excluding hydrogens is 361 g/mol. The molecule has 9 heteroatoms. The lowest BCUT2D eigenvalue weighted by Crippen LogP contribution is -2.17. The first-order valence-electron chi connectivity index (χ1n) is 7.04. The van der Waals surface area contributed by atoms with E-state index in [1.807, 2.05) is 0 Å². The number of carbonyl (C=O) groups excluding carboxylic acids is 1. The molecule has 0 aromatic heterocycles. The number of halogens is 3. The topological polar surface area (TPSA) is 69.7 Å². The van der Waals surface area contributed by atoms with Crippen LogP contribution in [0, 0.1) is 0 Å². The zero-order valence-corrected chi connectivity index (χ0v) is 13.7. The van der Waals surface area contributed by atoms with Gasteiger partial charge in [0.2, 0.25) is 0 Å². The van der Waals surface area contributed by atoms with Crippen molar-refractivity contribution in [2.75, 3.05) is 0 Å². The number of rotatable bonds is 6. The van der Waals surface area contributed by atoms with E-state index < -0.39 is 27.1 Å². The third-order valence-corrected chi connectivity index (χ3v) is 4.27. The van der Waals surface area contributed by atoms with E-state index in [4.69, 9.17) is 4.18 Å². The second-order valence-electron chi connectivity index (χ2n) is 4.86. The number of hydrogen-bond acceptors (Lipinski definition) is 5. The SMILES string of the molecule is CCC(=O)c1ccc(OS(=O)(=O)c2cccc(OC(F)(F)F)c2)cc1. The largest absolute Gasteiger partial charge is 0.573 e. The summed E-state index contributed by atoms with van der Waals surface area (Å²) in [6.45, 7) is 1.69. The van der Waals surface area contributed by atoms with Crippen LogP contribution in [0.25, 0.3) is 0 Å². The Kier molecular flexibility index (Phi) is 5.36. The Morgan fingerprint density at radius 3 is 2.24 bits per heavy atom. The number of hydrogen-bond donors (Lipinski definition) is 0. The van der Waals surface area contributed by atoms with Crippen molar-refractivity contribution in [3.8, 4) is 11.5 Å². The Morgan fingerprint density at radius 2 is 1.68 bits per heavy atom. The van der Waals surface area contributed by atoms with Crippen LogP contribution in [-0.2, 0) is 10.1 Å². The maximum Gasteiger partial charge on any atom is 0.573 e. The van der Waals surface area contributed by atoms with E-state index in [9.17, 15) is 26.4 Å². The molecule has 0 amide bonds. The summed E-state index contributed by atoms with van der Waals surface area (Å²) >= 11 is 0. The number of alkyl halides is 3. The van der Waals surface area contributed by atoms with Gasteiger partial charge in [-0.1, -0.05) is 13.0 Å². The molecule has 0 spiro atoms. The summed E-state index contributed by atoms with van der Waals surface area (Å²) in [5.41, 5.74) is 0.396. The van der Waals surface area contributed by atoms with Crippen molar-refractivity contribution in [1.82, 2.24) is 0 Å². The molecule has 2 rings (SSSR count). The Bertz CT molecular complexity index is 858. The normalized spacial score (nSPS) is 11.8. The van der Waals surface area contributed by atoms with Gasteiger partial charge in [-0.3, -0.25) is 4.79 Å². The highest BCUT2D eigenvalue weighted by Crippen LogP contribution is 2.26. The molecule has 0 radical (unpaired) electrons. The maximum atomic E-state index is 12.2. The van der Waals surface area contributed by atoms with Crippen molar-refractivity contribution in [1.29, 1.82) is 0 Å². The third-order valence-electron chi connectivity index (χ3n) is 3.03. The van der Waals surface area contributed by atoms with E-state index in [1.165, 1.54) is 24.3 Å². The summed E-state index contributed by atoms with van der Waals surface area (Å²) in [6.07, 6.45) is -4.64. The van der Waals surface area contributed by atoms with Gasteiger partial charge in [-0.25, -0.2) is 0 Å². The maximum absolute atomic E-state index is 12.2. The monoisotopic (exact) mass is 374 g/mol. The molecule has 0 atom stereocenters. The van der Waals surface area contributed by atoms with Crippen LogP contribution in [0.4, 0.5) is 13.2 Å². The summed E-state index contributed by atoms with van der Waals surface area (Å²) in [6, 6.07) is 9.23. The van der Waals surface area contributed by atoms with E-state index >= 15 is 0 Å². The molecule has 0 fully saturated rings. The smallest absolute Gasteiger partial charge is 0.406 e. The van der Waals surface area contributed by atoms with Crippen LogP contribution in [-0.4, -0.2) is 20.6 Å². The van der Waals surface area contributed by atoms with Crippen molar-refractivity contribution in [2.45, 2.75) is 24.6 Å². The van der Waals surface area contributed by atoms with E-state index in [2.05, 4.69) is 4.74 Å². The lowest BCUT2D eigenvalue weighted by molar-refractivity contribution is -0.274. The number of benzene rings is 2. The number of ether oxygens (including phenoxy) is 1. The highest BCUT2D eigenvalue weighted by atomic mass is 32.2. The average molecular weight is 374 g/mol. The van der Waals surface area contributed by atoms with Crippen LogP contribution in [0.3, 0.4) is 0 Å². The lowest BCUT2D eigenvalue weighted by atomic mass is 10.1. The summed E-state index contributed by atoms with van der Waals surface area (Å²) < 4.78 is 69.5. The van der Waals surface area contributed by atoms with Gasteiger partial charge in [0, 0.05) is 18.1 Å². The first kappa shape index (κ1) is 18.8. The molecule has 0 N–H and O–H groups in total. The standard InChI is InChI=1S/C16H13F3O5S/c1-2-15(20)11-6-8-12(9-7-11)24-25(21,22)14-5-3-4-13(10-14)23-16(17,18)19/h3-10H,2H2,1H3. The predicted octanol–water partition coefficient (Wildman–Crippen LogP) is 3.95. The second-order valence-corrected chi connectivity index (χ2v) is 6.41. The van der Waals surface area contributed by atoms with Gasteiger partial charge in [-0.15, -0.1) is 13.2 Å². The first-order valence-corrected chi connectivity index (χ1v) is 8.45. The van der Waals surface area contributed by atoms with Crippen molar-refractivity contribution in [3.05, 3.63) is 54.1 Å². The fourth-order valence-electron chi connectivity index (χ4n) is 1.90. The van der Waals surface area contributed by atoms with E-state index in [0.717, 1.165) is 18.2 Å². The number of ketones is 1. The van der Waals surface area contributed by atoms with E-state index in [1.54, 1.807) is 6.92 Å². The van der Waals surface area contributed by atoms with Gasteiger partial charge in [-0.2, -0.15) is 8.42 Å². The van der Waals surface area contributed by atoms with Crippen LogP contribution in [0.1, 0.15) is 23.7 Å². The molecule has 0 heterocycles. The molecule has 0 aliphatic rings. The highest BCUT2D eigenvalue weighted by Gasteiger charge is 2.31. The molecule has 2 aromatic carbocycles. The average Bonchev–Trinajstić information content (AvgIpc) is 2.53. The minimum absolute atomic E-state index is 0.0743. The fraction of sp³-hybridized carbons (Fsp3) is 0.188. The van der Waals surface area contributed by atoms with Gasteiger partial charge >= 0.3 is 16.5 Å². The van der Waals surface area contributed by atoms with Gasteiger partial charge in [0.25, 0.3) is 0 Å². The molecular formula is C16H13F3O5S. The summed E-state index contributed by atoms with van der Waals surface area (Å²) in [4.78, 5) is 11.0. The zero-order valence-electron chi connectivity index (χ0n) is 12.9. The Hall–Kier alpha value is -2.55. The lowest BCUT2D eigenvalue weighted by Gasteiger charge is -2.11. The second kappa shape index (κ2) is 7.14. The number of Topliss-reactive ketones (excluding diaryl/α,β-unsaturated/α-hetero) is 1. The first-order chi connectivity index (χ1) is 11.6. The summed E-state index contributed by atoms with van der Waals surface area (Å²) in [5, 5.41) is 0. The summed E-state index contributed by atoms with van der Waals surface area (Å²) in [5.74, 6) is -0.873. The van der Waals surface area contributed by atoms with Gasteiger partial charge in [0.15, 0.2) is 5.78 Å². The van der Waals surface area contributed by atoms with Gasteiger partial charge < -0.3 is 8.92 Å². The Labute approximate surface area is 142 Å². The van der Waals surface area contributed by atoms with Crippen LogP contribution in [0.5, 0.6) is 11.5 Å². The van der Waals surface area contributed by atoms with Gasteiger partial charge in [0.1, 0.15) is 16.4 Å².